The molecule has 0 aliphatic heterocycles. The van der Waals surface area contributed by atoms with Crippen LogP contribution in [-0.2, 0) is 26.2 Å². The average Bonchev–Trinajstić information content (AvgIpc) is 2.83. The van der Waals surface area contributed by atoms with Crippen molar-refractivity contribution in [3.63, 3.8) is 0 Å². The first kappa shape index (κ1) is 24.6. The quantitative estimate of drug-likeness (QED) is 0.427. The summed E-state index contributed by atoms with van der Waals surface area (Å²) in [4.78, 5) is 24.1. The standard InChI is InChI=1S/C24H25N3O6S/c1-17-12-13-19(14-22(17)34(30,31)27-20-10-6-7-11-21(20)32-2)26-23(28)15-25-24(29)33-16-18-8-4-3-5-9-18/h3-14,27H,15-16H2,1-2H3,(H,25,29)(H,26,28). The summed E-state index contributed by atoms with van der Waals surface area (Å²) in [6.45, 7) is 1.38. The van der Waals surface area contributed by atoms with Gasteiger partial charge in [0.25, 0.3) is 10.0 Å². The SMILES string of the molecule is COc1ccccc1NS(=O)(=O)c1cc(NC(=O)CNC(=O)OCc2ccccc2)ccc1C. The number of amides is 2. The van der Waals surface area contributed by atoms with Gasteiger partial charge in [0, 0.05) is 5.69 Å². The van der Waals surface area contributed by atoms with E-state index in [1.54, 1.807) is 43.3 Å². The minimum atomic E-state index is -3.97. The van der Waals surface area contributed by atoms with E-state index in [-0.39, 0.29) is 29.4 Å². The smallest absolute Gasteiger partial charge is 0.407 e. The molecule has 0 aromatic heterocycles. The van der Waals surface area contributed by atoms with Crippen LogP contribution >= 0.6 is 0 Å². The summed E-state index contributed by atoms with van der Waals surface area (Å²) >= 11 is 0. The van der Waals surface area contributed by atoms with Crippen LogP contribution in [0, 0.1) is 6.92 Å². The lowest BCUT2D eigenvalue weighted by atomic mass is 10.2. The molecule has 2 amide bonds. The molecule has 0 spiro atoms. The van der Waals surface area contributed by atoms with Gasteiger partial charge in [0.15, 0.2) is 0 Å². The second-order valence-corrected chi connectivity index (χ2v) is 8.90. The summed E-state index contributed by atoms with van der Waals surface area (Å²) in [5.41, 5.74) is 1.85. The molecule has 3 aromatic rings. The molecule has 0 saturated heterocycles. The third kappa shape index (κ3) is 6.72. The topological polar surface area (TPSA) is 123 Å². The maximum atomic E-state index is 13.0. The zero-order valence-corrected chi connectivity index (χ0v) is 19.5. The highest BCUT2D eigenvalue weighted by Gasteiger charge is 2.20. The second-order valence-electron chi connectivity index (χ2n) is 7.25. The van der Waals surface area contributed by atoms with E-state index in [2.05, 4.69) is 15.4 Å². The Hall–Kier alpha value is -4.05. The number of aryl methyl sites for hydroxylation is 1. The molecule has 3 N–H and O–H groups in total. The van der Waals surface area contributed by atoms with Crippen LogP contribution in [-0.4, -0.2) is 34.1 Å². The molecule has 0 unspecified atom stereocenters. The fourth-order valence-electron chi connectivity index (χ4n) is 3.03. The Labute approximate surface area is 198 Å². The predicted octanol–water partition coefficient (Wildman–Crippen LogP) is 3.67. The number of carbonyl (C=O) groups is 2. The number of anilines is 2. The number of methoxy groups -OCH3 is 1. The maximum absolute atomic E-state index is 13.0. The number of alkyl carbamates (subject to hydrolysis) is 1. The van der Waals surface area contributed by atoms with Crippen molar-refractivity contribution in [1.29, 1.82) is 0 Å². The zero-order valence-electron chi connectivity index (χ0n) is 18.7. The second kappa shape index (κ2) is 11.2. The first-order valence-corrected chi connectivity index (χ1v) is 11.8. The van der Waals surface area contributed by atoms with Gasteiger partial charge in [-0.05, 0) is 42.3 Å². The summed E-state index contributed by atoms with van der Waals surface area (Å²) in [5, 5.41) is 4.93. The van der Waals surface area contributed by atoms with Gasteiger partial charge >= 0.3 is 6.09 Å². The number of para-hydroxylation sites is 2. The molecule has 10 heteroatoms. The van der Waals surface area contributed by atoms with Crippen molar-refractivity contribution in [3.8, 4) is 5.75 Å². The van der Waals surface area contributed by atoms with Gasteiger partial charge in [0.1, 0.15) is 18.9 Å². The Morgan fingerprint density at radius 3 is 2.38 bits per heavy atom. The van der Waals surface area contributed by atoms with E-state index in [0.717, 1.165) is 5.56 Å². The Morgan fingerprint density at radius 2 is 1.65 bits per heavy atom. The monoisotopic (exact) mass is 483 g/mol. The Bertz CT molecular complexity index is 1260. The molecule has 9 nitrogen and oxygen atoms in total. The van der Waals surface area contributed by atoms with Crippen LogP contribution in [0.4, 0.5) is 16.2 Å². The lowest BCUT2D eigenvalue weighted by molar-refractivity contribution is -0.115. The molecular formula is C24H25N3O6S. The van der Waals surface area contributed by atoms with E-state index in [9.17, 15) is 18.0 Å². The van der Waals surface area contributed by atoms with Crippen molar-refractivity contribution in [1.82, 2.24) is 5.32 Å². The molecule has 0 saturated carbocycles. The fraction of sp³-hybridized carbons (Fsp3) is 0.167. The van der Waals surface area contributed by atoms with Crippen molar-refractivity contribution in [2.24, 2.45) is 0 Å². The highest BCUT2D eigenvalue weighted by molar-refractivity contribution is 7.92. The first-order valence-electron chi connectivity index (χ1n) is 10.3. The lowest BCUT2D eigenvalue weighted by Crippen LogP contribution is -2.33. The van der Waals surface area contributed by atoms with Crippen molar-refractivity contribution < 1.29 is 27.5 Å². The van der Waals surface area contributed by atoms with Crippen molar-refractivity contribution >= 4 is 33.4 Å². The zero-order chi connectivity index (χ0) is 24.6. The first-order chi connectivity index (χ1) is 16.3. The van der Waals surface area contributed by atoms with Gasteiger partial charge in [-0.3, -0.25) is 9.52 Å². The van der Waals surface area contributed by atoms with Gasteiger partial charge in [-0.2, -0.15) is 0 Å². The van der Waals surface area contributed by atoms with Crippen LogP contribution in [0.25, 0.3) is 0 Å². The average molecular weight is 484 g/mol. The third-order valence-electron chi connectivity index (χ3n) is 4.72. The van der Waals surface area contributed by atoms with Crippen LogP contribution in [0.15, 0.2) is 77.7 Å². The van der Waals surface area contributed by atoms with E-state index in [1.807, 2.05) is 30.3 Å². The Kier molecular flexibility index (Phi) is 8.10. The summed E-state index contributed by atoms with van der Waals surface area (Å²) < 4.78 is 38.7. The molecule has 0 fully saturated rings. The summed E-state index contributed by atoms with van der Waals surface area (Å²) in [6.07, 6.45) is -0.743. The molecule has 0 bridgehead atoms. The number of hydrogen-bond acceptors (Lipinski definition) is 6. The van der Waals surface area contributed by atoms with Gasteiger partial charge in [0.2, 0.25) is 5.91 Å². The van der Waals surface area contributed by atoms with Gasteiger partial charge in [-0.25, -0.2) is 13.2 Å². The number of rotatable bonds is 9. The van der Waals surface area contributed by atoms with Gasteiger partial charge in [-0.1, -0.05) is 48.5 Å². The molecule has 3 aromatic carbocycles. The number of benzene rings is 3. The highest BCUT2D eigenvalue weighted by atomic mass is 32.2. The summed E-state index contributed by atoms with van der Waals surface area (Å²) in [5.74, 6) is -0.167. The molecular weight excluding hydrogens is 458 g/mol. The molecule has 3 rings (SSSR count). The van der Waals surface area contributed by atoms with Crippen molar-refractivity contribution in [3.05, 3.63) is 83.9 Å². The van der Waals surface area contributed by atoms with Crippen LogP contribution in [0.3, 0.4) is 0 Å². The minimum absolute atomic E-state index is 0.00793. The van der Waals surface area contributed by atoms with Gasteiger partial charge < -0.3 is 20.1 Å². The van der Waals surface area contributed by atoms with Crippen LogP contribution < -0.4 is 20.1 Å². The number of ether oxygens (including phenoxy) is 2. The van der Waals surface area contributed by atoms with Crippen LogP contribution in [0.5, 0.6) is 5.75 Å². The van der Waals surface area contributed by atoms with Crippen molar-refractivity contribution in [2.45, 2.75) is 18.4 Å². The molecule has 0 radical (unpaired) electrons. The third-order valence-corrected chi connectivity index (χ3v) is 6.23. The normalized spacial score (nSPS) is 10.8. The van der Waals surface area contributed by atoms with Gasteiger partial charge in [-0.15, -0.1) is 0 Å². The maximum Gasteiger partial charge on any atom is 0.407 e. The number of hydrogen-bond donors (Lipinski definition) is 3. The molecule has 0 heterocycles. The summed E-state index contributed by atoms with van der Waals surface area (Å²) in [6, 6.07) is 20.2. The number of nitrogens with one attached hydrogen (secondary N) is 3. The molecule has 0 aliphatic rings. The lowest BCUT2D eigenvalue weighted by Gasteiger charge is -2.14. The minimum Gasteiger partial charge on any atom is -0.495 e. The predicted molar refractivity (Wildman–Crippen MR) is 128 cm³/mol. The highest BCUT2D eigenvalue weighted by Crippen LogP contribution is 2.28. The van der Waals surface area contributed by atoms with E-state index >= 15 is 0 Å². The molecule has 0 aliphatic carbocycles. The molecule has 0 atom stereocenters. The fourth-order valence-corrected chi connectivity index (χ4v) is 4.37. The number of sulfonamides is 1. The van der Waals surface area contributed by atoms with E-state index in [4.69, 9.17) is 9.47 Å². The molecule has 34 heavy (non-hydrogen) atoms. The van der Waals surface area contributed by atoms with E-state index < -0.39 is 22.0 Å². The van der Waals surface area contributed by atoms with Crippen LogP contribution in [0.2, 0.25) is 0 Å². The van der Waals surface area contributed by atoms with Crippen LogP contribution in [0.1, 0.15) is 11.1 Å². The largest absolute Gasteiger partial charge is 0.495 e. The Morgan fingerprint density at radius 1 is 0.941 bits per heavy atom. The number of carbonyl (C=O) groups excluding carboxylic acids is 2. The Balaban J connectivity index is 1.60. The van der Waals surface area contributed by atoms with E-state index in [1.165, 1.54) is 13.2 Å². The van der Waals surface area contributed by atoms with Crippen molar-refractivity contribution in [2.75, 3.05) is 23.7 Å². The van der Waals surface area contributed by atoms with Gasteiger partial charge in [0.05, 0.1) is 17.7 Å². The molecule has 178 valence electrons. The van der Waals surface area contributed by atoms with E-state index in [0.29, 0.717) is 11.3 Å². The summed E-state index contributed by atoms with van der Waals surface area (Å²) in [7, 11) is -2.52.